The lowest BCUT2D eigenvalue weighted by atomic mass is 9.97. The minimum Gasteiger partial charge on any atom is -0.354 e. The molecule has 4 heterocycles. The van der Waals surface area contributed by atoms with Crippen molar-refractivity contribution in [1.29, 1.82) is 0 Å². The predicted octanol–water partition coefficient (Wildman–Crippen LogP) is 3.42. The summed E-state index contributed by atoms with van der Waals surface area (Å²) in [5.74, 6) is 0.981. The summed E-state index contributed by atoms with van der Waals surface area (Å²) in [4.78, 5) is 24.3. The van der Waals surface area contributed by atoms with Gasteiger partial charge in [-0.3, -0.25) is 4.79 Å². The van der Waals surface area contributed by atoms with E-state index in [1.807, 2.05) is 54.7 Å². The molecule has 6 nitrogen and oxygen atoms in total. The SMILES string of the molecule is O=C(NCc1ccccc1)[C@@H]1CCCN(c2nc3ncccc3n3cccc23)C1. The number of carbonyl (C=O) groups is 1. The fraction of sp³-hybridized carbons (Fsp3) is 0.261. The van der Waals surface area contributed by atoms with E-state index in [0.29, 0.717) is 13.1 Å². The number of nitrogens with one attached hydrogen (secondary N) is 1. The van der Waals surface area contributed by atoms with Crippen LogP contribution in [0.2, 0.25) is 0 Å². The number of nitrogens with zero attached hydrogens (tertiary/aromatic N) is 4. The zero-order chi connectivity index (χ0) is 19.6. The topological polar surface area (TPSA) is 62.5 Å². The Morgan fingerprint density at radius 3 is 2.83 bits per heavy atom. The van der Waals surface area contributed by atoms with Crippen molar-refractivity contribution in [3.05, 3.63) is 72.6 Å². The average molecular weight is 385 g/mol. The van der Waals surface area contributed by atoms with Crippen LogP contribution >= 0.6 is 0 Å². The Labute approximate surface area is 169 Å². The third-order valence-electron chi connectivity index (χ3n) is 5.62. The van der Waals surface area contributed by atoms with Crippen molar-refractivity contribution in [3.63, 3.8) is 0 Å². The molecule has 1 atom stereocenters. The van der Waals surface area contributed by atoms with Crippen LogP contribution in [0.4, 0.5) is 5.82 Å². The zero-order valence-electron chi connectivity index (χ0n) is 16.2. The molecule has 146 valence electrons. The summed E-state index contributed by atoms with van der Waals surface area (Å²) in [6.07, 6.45) is 5.68. The molecule has 6 heteroatoms. The number of carbonyl (C=O) groups excluding carboxylic acids is 1. The monoisotopic (exact) mass is 385 g/mol. The molecule has 1 saturated heterocycles. The molecule has 0 aliphatic carbocycles. The maximum atomic E-state index is 12.8. The van der Waals surface area contributed by atoms with Crippen LogP contribution in [0.5, 0.6) is 0 Å². The molecule has 1 aliphatic rings. The van der Waals surface area contributed by atoms with Crippen LogP contribution in [-0.2, 0) is 11.3 Å². The fourth-order valence-electron chi connectivity index (χ4n) is 4.14. The van der Waals surface area contributed by atoms with Crippen LogP contribution in [-0.4, -0.2) is 33.4 Å². The van der Waals surface area contributed by atoms with E-state index in [1.54, 1.807) is 6.20 Å². The Morgan fingerprint density at radius 1 is 1.07 bits per heavy atom. The van der Waals surface area contributed by atoms with Gasteiger partial charge in [-0.15, -0.1) is 0 Å². The van der Waals surface area contributed by atoms with E-state index in [4.69, 9.17) is 4.98 Å². The highest BCUT2D eigenvalue weighted by Gasteiger charge is 2.28. The summed E-state index contributed by atoms with van der Waals surface area (Å²) in [5.41, 5.74) is 3.88. The molecular weight excluding hydrogens is 362 g/mol. The molecule has 4 aromatic rings. The van der Waals surface area contributed by atoms with E-state index >= 15 is 0 Å². The number of piperidine rings is 1. The Kier molecular flexibility index (Phi) is 4.60. The maximum Gasteiger partial charge on any atom is 0.225 e. The Hall–Kier alpha value is -3.41. The first-order valence-corrected chi connectivity index (χ1v) is 10.1. The van der Waals surface area contributed by atoms with Crippen molar-refractivity contribution < 1.29 is 4.79 Å². The van der Waals surface area contributed by atoms with Crippen LogP contribution in [0.25, 0.3) is 16.7 Å². The van der Waals surface area contributed by atoms with Crippen molar-refractivity contribution in [1.82, 2.24) is 19.7 Å². The Balaban J connectivity index is 1.38. The predicted molar refractivity (Wildman–Crippen MR) is 114 cm³/mol. The molecule has 1 N–H and O–H groups in total. The molecule has 29 heavy (non-hydrogen) atoms. The molecule has 0 bridgehead atoms. The number of rotatable bonds is 4. The third-order valence-corrected chi connectivity index (χ3v) is 5.62. The Morgan fingerprint density at radius 2 is 1.93 bits per heavy atom. The summed E-state index contributed by atoms with van der Waals surface area (Å²) >= 11 is 0. The number of aromatic nitrogens is 3. The standard InChI is InChI=1S/C23H23N5O/c29-23(25-15-17-7-2-1-3-8-17)18-9-5-13-27(16-18)22-20-11-6-14-28(20)19-10-4-12-24-21(19)26-22/h1-4,6-8,10-12,14,18H,5,9,13,15-16H2,(H,25,29)/t18-/m1/s1. The van der Waals surface area contributed by atoms with Gasteiger partial charge in [0.05, 0.1) is 17.0 Å². The lowest BCUT2D eigenvalue weighted by Crippen LogP contribution is -2.43. The van der Waals surface area contributed by atoms with Gasteiger partial charge >= 0.3 is 0 Å². The normalized spacial score (nSPS) is 17.0. The summed E-state index contributed by atoms with van der Waals surface area (Å²) in [7, 11) is 0. The fourth-order valence-corrected chi connectivity index (χ4v) is 4.14. The number of hydrogen-bond acceptors (Lipinski definition) is 4. The minimum atomic E-state index is -0.0382. The first kappa shape index (κ1) is 17.7. The van der Waals surface area contributed by atoms with Crippen molar-refractivity contribution in [2.75, 3.05) is 18.0 Å². The molecule has 5 rings (SSSR count). The lowest BCUT2D eigenvalue weighted by Gasteiger charge is -2.33. The van der Waals surface area contributed by atoms with Crippen LogP contribution < -0.4 is 10.2 Å². The van der Waals surface area contributed by atoms with Gasteiger partial charge in [-0.2, -0.15) is 0 Å². The molecular formula is C23H23N5O. The van der Waals surface area contributed by atoms with Crippen LogP contribution in [0.3, 0.4) is 0 Å². The third kappa shape index (κ3) is 3.42. The van der Waals surface area contributed by atoms with Crippen molar-refractivity contribution in [2.24, 2.45) is 5.92 Å². The van der Waals surface area contributed by atoms with Crippen molar-refractivity contribution in [2.45, 2.75) is 19.4 Å². The molecule has 0 spiro atoms. The van der Waals surface area contributed by atoms with Gasteiger partial charge in [0.25, 0.3) is 0 Å². The maximum absolute atomic E-state index is 12.8. The van der Waals surface area contributed by atoms with Crippen molar-refractivity contribution >= 4 is 28.4 Å². The summed E-state index contributed by atoms with van der Waals surface area (Å²) in [5, 5.41) is 3.10. The number of fused-ring (bicyclic) bond motifs is 3. The molecule has 0 radical (unpaired) electrons. The molecule has 0 saturated carbocycles. The number of amides is 1. The minimum absolute atomic E-state index is 0.0382. The van der Waals surface area contributed by atoms with E-state index < -0.39 is 0 Å². The van der Waals surface area contributed by atoms with E-state index in [9.17, 15) is 4.79 Å². The van der Waals surface area contributed by atoms with E-state index in [0.717, 1.165) is 47.4 Å². The second-order valence-electron chi connectivity index (χ2n) is 7.53. The number of pyridine rings is 1. The molecule has 1 amide bonds. The van der Waals surface area contributed by atoms with Gasteiger partial charge in [0.15, 0.2) is 11.5 Å². The first-order valence-electron chi connectivity index (χ1n) is 10.1. The number of hydrogen-bond donors (Lipinski definition) is 1. The van der Waals surface area contributed by atoms with Gasteiger partial charge in [0.2, 0.25) is 5.91 Å². The van der Waals surface area contributed by atoms with Gasteiger partial charge in [-0.05, 0) is 42.7 Å². The van der Waals surface area contributed by atoms with Gasteiger partial charge < -0.3 is 14.6 Å². The summed E-state index contributed by atoms with van der Waals surface area (Å²) in [6, 6.07) is 18.1. The largest absolute Gasteiger partial charge is 0.354 e. The second kappa shape index (κ2) is 7.54. The highest BCUT2D eigenvalue weighted by Crippen LogP contribution is 2.28. The quantitative estimate of drug-likeness (QED) is 0.585. The summed E-state index contributed by atoms with van der Waals surface area (Å²) < 4.78 is 2.13. The van der Waals surface area contributed by atoms with Gasteiger partial charge in [0, 0.05) is 32.0 Å². The highest BCUT2D eigenvalue weighted by atomic mass is 16.1. The van der Waals surface area contributed by atoms with Gasteiger partial charge in [-0.25, -0.2) is 9.97 Å². The molecule has 0 unspecified atom stereocenters. The average Bonchev–Trinajstić information content (AvgIpc) is 3.28. The lowest BCUT2D eigenvalue weighted by molar-refractivity contribution is -0.125. The second-order valence-corrected chi connectivity index (χ2v) is 7.53. The van der Waals surface area contributed by atoms with Crippen LogP contribution in [0, 0.1) is 5.92 Å². The highest BCUT2D eigenvalue weighted by molar-refractivity contribution is 5.84. The first-order chi connectivity index (χ1) is 14.3. The van der Waals surface area contributed by atoms with Crippen LogP contribution in [0.1, 0.15) is 18.4 Å². The zero-order valence-corrected chi connectivity index (χ0v) is 16.2. The van der Waals surface area contributed by atoms with Gasteiger partial charge in [-0.1, -0.05) is 30.3 Å². The number of benzene rings is 1. The summed E-state index contributed by atoms with van der Waals surface area (Å²) in [6.45, 7) is 2.14. The smallest absolute Gasteiger partial charge is 0.225 e. The molecule has 1 fully saturated rings. The van der Waals surface area contributed by atoms with E-state index in [1.165, 1.54) is 0 Å². The van der Waals surface area contributed by atoms with Gasteiger partial charge in [0.1, 0.15) is 0 Å². The van der Waals surface area contributed by atoms with E-state index in [2.05, 4.69) is 25.7 Å². The van der Waals surface area contributed by atoms with E-state index in [-0.39, 0.29) is 11.8 Å². The molecule has 3 aromatic heterocycles. The van der Waals surface area contributed by atoms with Crippen molar-refractivity contribution in [3.8, 4) is 0 Å². The Bertz CT molecular complexity index is 1150. The molecule has 1 aliphatic heterocycles. The molecule has 1 aromatic carbocycles. The van der Waals surface area contributed by atoms with Crippen LogP contribution in [0.15, 0.2) is 67.0 Å². The number of anilines is 1.